The molecular formula is C39H48N6O. The molecular weight excluding hydrogens is 568 g/mol. The fourth-order valence-corrected chi connectivity index (χ4v) is 6.27. The van der Waals surface area contributed by atoms with E-state index in [4.69, 9.17) is 0 Å². The van der Waals surface area contributed by atoms with Crippen molar-refractivity contribution < 1.29 is 5.11 Å². The van der Waals surface area contributed by atoms with Crippen LogP contribution in [-0.4, -0.2) is 61.7 Å². The highest BCUT2D eigenvalue weighted by atomic mass is 16.3. The van der Waals surface area contributed by atoms with Gasteiger partial charge in [0.25, 0.3) is 0 Å². The maximum absolute atomic E-state index is 11.1. The van der Waals surface area contributed by atoms with E-state index in [0.29, 0.717) is 11.7 Å². The Hall–Kier alpha value is -4.20. The van der Waals surface area contributed by atoms with Crippen LogP contribution in [0.4, 0.5) is 0 Å². The minimum atomic E-state index is 0.310. The molecule has 0 fully saturated rings. The number of benzene rings is 1. The Morgan fingerprint density at radius 3 is 1.54 bits per heavy atom. The fraction of sp³-hybridized carbons (Fsp3) is 0.385. The van der Waals surface area contributed by atoms with E-state index in [1.807, 2.05) is 55.1 Å². The lowest BCUT2D eigenvalue weighted by atomic mass is 9.90. The lowest BCUT2D eigenvalue weighted by Gasteiger charge is -2.29. The first-order chi connectivity index (χ1) is 22.5. The molecule has 1 aliphatic heterocycles. The van der Waals surface area contributed by atoms with Gasteiger partial charge in [-0.25, -0.2) is 0 Å². The van der Waals surface area contributed by atoms with E-state index >= 15 is 0 Å². The molecule has 4 heterocycles. The van der Waals surface area contributed by atoms with Crippen molar-refractivity contribution in [1.82, 2.24) is 24.8 Å². The topological polar surface area (TPSA) is 77.7 Å². The van der Waals surface area contributed by atoms with Crippen LogP contribution >= 0.6 is 0 Å². The summed E-state index contributed by atoms with van der Waals surface area (Å²) >= 11 is 0. The second-order valence-corrected chi connectivity index (χ2v) is 12.5. The molecule has 1 N–H and O–H groups in total. The monoisotopic (exact) mass is 616 g/mol. The van der Waals surface area contributed by atoms with E-state index in [-0.39, 0.29) is 0 Å². The number of aliphatic imine (C=N–C) groups is 1. The molecule has 1 aromatic carbocycles. The van der Waals surface area contributed by atoms with E-state index in [1.54, 1.807) is 0 Å². The maximum atomic E-state index is 11.1. The molecule has 240 valence electrons. The van der Waals surface area contributed by atoms with Crippen LogP contribution in [0.3, 0.4) is 0 Å². The Kier molecular flexibility index (Phi) is 12.6. The first kappa shape index (κ1) is 33.2. The van der Waals surface area contributed by atoms with Crippen molar-refractivity contribution in [2.45, 2.75) is 71.4 Å². The van der Waals surface area contributed by atoms with E-state index in [9.17, 15) is 5.11 Å². The standard InChI is InChI=1S/C39H48N6O/c1-31(2)39-32(29-44(23-15-34-11-3-7-19-40-34)24-16-35-12-4-8-20-41-35)27-38(46)28-33(39)30-45(25-17-36-13-5-9-21-42-36)26-18-37-14-6-10-22-43-37/h3-5,7-13,19-22,27-28,31,46H,6,14-18,23-26,29-30H2,1-2H3. The van der Waals surface area contributed by atoms with E-state index < -0.39 is 0 Å². The third-order valence-electron chi connectivity index (χ3n) is 8.61. The number of hydrogen-bond acceptors (Lipinski definition) is 7. The fourth-order valence-electron chi connectivity index (χ4n) is 6.27. The molecule has 0 bridgehead atoms. The molecule has 5 rings (SSSR count). The van der Waals surface area contributed by atoms with Gasteiger partial charge in [0, 0.05) is 106 Å². The van der Waals surface area contributed by atoms with Gasteiger partial charge < -0.3 is 5.11 Å². The Morgan fingerprint density at radius 2 is 1.15 bits per heavy atom. The second kappa shape index (κ2) is 17.5. The number of pyridine rings is 3. The summed E-state index contributed by atoms with van der Waals surface area (Å²) in [5.74, 6) is 0.639. The number of rotatable bonds is 17. The van der Waals surface area contributed by atoms with Gasteiger partial charge in [-0.05, 0) is 90.4 Å². The SMILES string of the molecule is CC(C)c1c(CN(CCC2=NC=CCC2)CCc2ccccn2)cc(O)cc1CN(CCc1ccccn1)CCc1ccccn1. The zero-order chi connectivity index (χ0) is 32.0. The maximum Gasteiger partial charge on any atom is 0.116 e. The lowest BCUT2D eigenvalue weighted by Crippen LogP contribution is -2.31. The van der Waals surface area contributed by atoms with Gasteiger partial charge in [0.05, 0.1) is 0 Å². The van der Waals surface area contributed by atoms with Crippen molar-refractivity contribution in [1.29, 1.82) is 0 Å². The minimum Gasteiger partial charge on any atom is -0.508 e. The first-order valence-corrected chi connectivity index (χ1v) is 16.7. The van der Waals surface area contributed by atoms with Gasteiger partial charge in [0.15, 0.2) is 0 Å². The summed E-state index contributed by atoms with van der Waals surface area (Å²) in [6.45, 7) is 9.63. The van der Waals surface area contributed by atoms with Gasteiger partial charge in [0.1, 0.15) is 5.75 Å². The second-order valence-electron chi connectivity index (χ2n) is 12.5. The van der Waals surface area contributed by atoms with Crippen molar-refractivity contribution >= 4 is 5.71 Å². The number of aromatic nitrogens is 3. The molecule has 0 saturated carbocycles. The van der Waals surface area contributed by atoms with Crippen LogP contribution in [0.5, 0.6) is 5.75 Å². The normalized spacial score (nSPS) is 13.1. The average Bonchev–Trinajstić information content (AvgIpc) is 3.08. The summed E-state index contributed by atoms with van der Waals surface area (Å²) < 4.78 is 0. The predicted molar refractivity (Wildman–Crippen MR) is 187 cm³/mol. The van der Waals surface area contributed by atoms with Crippen molar-refractivity contribution in [2.75, 3.05) is 26.2 Å². The molecule has 0 unspecified atom stereocenters. The van der Waals surface area contributed by atoms with Crippen molar-refractivity contribution in [2.24, 2.45) is 4.99 Å². The molecule has 7 nitrogen and oxygen atoms in total. The van der Waals surface area contributed by atoms with Gasteiger partial charge in [-0.15, -0.1) is 0 Å². The van der Waals surface area contributed by atoms with E-state index in [0.717, 1.165) is 94.9 Å². The Labute approximate surface area is 274 Å². The van der Waals surface area contributed by atoms with Crippen molar-refractivity contribution in [3.8, 4) is 5.75 Å². The van der Waals surface area contributed by atoms with Crippen LogP contribution < -0.4 is 0 Å². The zero-order valence-electron chi connectivity index (χ0n) is 27.4. The summed E-state index contributed by atoms with van der Waals surface area (Å²) in [7, 11) is 0. The molecule has 46 heavy (non-hydrogen) atoms. The Bertz CT molecular complexity index is 1500. The first-order valence-electron chi connectivity index (χ1n) is 16.7. The third kappa shape index (κ3) is 10.4. The van der Waals surface area contributed by atoms with Gasteiger partial charge in [-0.2, -0.15) is 0 Å². The van der Waals surface area contributed by atoms with Crippen LogP contribution in [-0.2, 0) is 32.4 Å². The van der Waals surface area contributed by atoms with Crippen LogP contribution in [0.2, 0.25) is 0 Å². The summed E-state index contributed by atoms with van der Waals surface area (Å²) in [4.78, 5) is 23.4. The molecule has 4 aromatic rings. The molecule has 0 atom stereocenters. The van der Waals surface area contributed by atoms with Crippen LogP contribution in [0.15, 0.2) is 103 Å². The molecule has 0 spiro atoms. The van der Waals surface area contributed by atoms with E-state index in [2.05, 4.69) is 86.1 Å². The number of allylic oxidation sites excluding steroid dienone is 1. The highest BCUT2D eigenvalue weighted by molar-refractivity contribution is 5.85. The molecule has 0 radical (unpaired) electrons. The number of phenols is 1. The summed E-state index contributed by atoms with van der Waals surface area (Å²) in [5, 5.41) is 11.1. The Morgan fingerprint density at radius 1 is 0.674 bits per heavy atom. The third-order valence-corrected chi connectivity index (χ3v) is 8.61. The molecule has 1 aliphatic rings. The predicted octanol–water partition coefficient (Wildman–Crippen LogP) is 7.17. The Balaban J connectivity index is 1.37. The number of nitrogens with zero attached hydrogens (tertiary/aromatic N) is 6. The van der Waals surface area contributed by atoms with Gasteiger partial charge >= 0.3 is 0 Å². The summed E-state index contributed by atoms with van der Waals surface area (Å²) in [6, 6.07) is 22.3. The van der Waals surface area contributed by atoms with Crippen LogP contribution in [0, 0.1) is 0 Å². The van der Waals surface area contributed by atoms with Crippen LogP contribution in [0.25, 0.3) is 0 Å². The van der Waals surface area contributed by atoms with E-state index in [1.165, 1.54) is 22.4 Å². The molecule has 0 aliphatic carbocycles. The summed E-state index contributed by atoms with van der Waals surface area (Å²) in [6.07, 6.45) is 15.3. The number of hydrogen-bond donors (Lipinski definition) is 1. The largest absolute Gasteiger partial charge is 0.508 e. The van der Waals surface area contributed by atoms with Crippen LogP contribution in [0.1, 0.15) is 72.8 Å². The van der Waals surface area contributed by atoms with Crippen molar-refractivity contribution in [3.05, 3.63) is 131 Å². The quantitative estimate of drug-likeness (QED) is 0.136. The lowest BCUT2D eigenvalue weighted by molar-refractivity contribution is 0.265. The smallest absolute Gasteiger partial charge is 0.116 e. The molecule has 7 heteroatoms. The molecule has 0 saturated heterocycles. The zero-order valence-corrected chi connectivity index (χ0v) is 27.4. The highest BCUT2D eigenvalue weighted by Crippen LogP contribution is 2.31. The van der Waals surface area contributed by atoms with Gasteiger partial charge in [-0.3, -0.25) is 29.7 Å². The molecule has 3 aromatic heterocycles. The minimum absolute atomic E-state index is 0.310. The molecule has 0 amide bonds. The van der Waals surface area contributed by atoms with Crippen molar-refractivity contribution in [3.63, 3.8) is 0 Å². The number of aromatic hydroxyl groups is 1. The summed E-state index contributed by atoms with van der Waals surface area (Å²) in [5.41, 5.74) is 8.27. The van der Waals surface area contributed by atoms with Gasteiger partial charge in [0.2, 0.25) is 0 Å². The highest BCUT2D eigenvalue weighted by Gasteiger charge is 2.20. The average molecular weight is 617 g/mol. The number of phenolic OH excluding ortho intramolecular Hbond substituents is 1. The van der Waals surface area contributed by atoms with Gasteiger partial charge in [-0.1, -0.05) is 38.1 Å².